The number of carbonyl (C=O) groups excluding carboxylic acids is 1. The van der Waals surface area contributed by atoms with Crippen molar-refractivity contribution in [3.05, 3.63) is 70.2 Å². The van der Waals surface area contributed by atoms with E-state index in [0.717, 1.165) is 28.8 Å². The van der Waals surface area contributed by atoms with Crippen LogP contribution in [0, 0.1) is 0 Å². The number of allylic oxidation sites excluding steroid dienone is 1. The Kier molecular flexibility index (Phi) is 7.41. The molecule has 1 amide bonds. The topological polar surface area (TPSA) is 44.7 Å². The van der Waals surface area contributed by atoms with Gasteiger partial charge < -0.3 is 4.90 Å². The van der Waals surface area contributed by atoms with E-state index in [4.69, 9.17) is 0 Å². The first-order chi connectivity index (χ1) is 12.1. The molecule has 0 heterocycles. The summed E-state index contributed by atoms with van der Waals surface area (Å²) in [5.41, 5.74) is 5.28. The molecule has 4 nitrogen and oxygen atoms in total. The maximum atomic E-state index is 12.1. The van der Waals surface area contributed by atoms with Crippen molar-refractivity contribution in [1.82, 2.24) is 5.43 Å². The average Bonchev–Trinajstić information content (AvgIpc) is 2.64. The highest BCUT2D eigenvalue weighted by molar-refractivity contribution is 9.12. The predicted molar refractivity (Wildman–Crippen MR) is 109 cm³/mol. The first-order valence-electron chi connectivity index (χ1n) is 8.24. The quantitative estimate of drug-likeness (QED) is 0.542. The van der Waals surface area contributed by atoms with Gasteiger partial charge in [-0.3, -0.25) is 4.79 Å². The van der Waals surface area contributed by atoms with E-state index in [1.54, 1.807) is 6.21 Å². The Bertz CT molecular complexity index is 735. The number of hydrogen-bond acceptors (Lipinski definition) is 3. The number of nitrogens with one attached hydrogen (secondary N) is 1. The number of anilines is 1. The molecular weight excluding hydrogens is 378 g/mol. The molecule has 0 saturated carbocycles. The molecule has 0 bridgehead atoms. The van der Waals surface area contributed by atoms with Gasteiger partial charge in [-0.15, -0.1) is 0 Å². The van der Waals surface area contributed by atoms with Crippen molar-refractivity contribution in [1.29, 1.82) is 0 Å². The fourth-order valence-electron chi connectivity index (χ4n) is 2.38. The molecule has 0 aliphatic rings. The van der Waals surface area contributed by atoms with Gasteiger partial charge in [-0.1, -0.05) is 30.3 Å². The highest BCUT2D eigenvalue weighted by Gasteiger charge is 2.06. The summed E-state index contributed by atoms with van der Waals surface area (Å²) in [6.45, 7) is 6.10. The first-order valence-corrected chi connectivity index (χ1v) is 9.04. The molecule has 25 heavy (non-hydrogen) atoms. The Labute approximate surface area is 157 Å². The molecule has 0 radical (unpaired) electrons. The number of hydrogen-bond donors (Lipinski definition) is 1. The molecule has 2 rings (SSSR count). The lowest BCUT2D eigenvalue weighted by molar-refractivity contribution is 0.0955. The lowest BCUT2D eigenvalue weighted by atomic mass is 10.2. The van der Waals surface area contributed by atoms with E-state index >= 15 is 0 Å². The van der Waals surface area contributed by atoms with Crippen LogP contribution in [0.2, 0.25) is 0 Å². The van der Waals surface area contributed by atoms with Gasteiger partial charge in [0.1, 0.15) is 0 Å². The lowest BCUT2D eigenvalue weighted by Gasteiger charge is -2.20. The van der Waals surface area contributed by atoms with Crippen LogP contribution in [0.4, 0.5) is 5.69 Å². The normalized spacial score (nSPS) is 11.6. The van der Waals surface area contributed by atoms with Crippen LogP contribution in [0.1, 0.15) is 29.8 Å². The zero-order valence-electron chi connectivity index (χ0n) is 14.4. The third-order valence-electron chi connectivity index (χ3n) is 3.72. The molecule has 0 aromatic heterocycles. The summed E-state index contributed by atoms with van der Waals surface area (Å²) >= 11 is 3.42. The van der Waals surface area contributed by atoms with E-state index in [-0.39, 0.29) is 5.91 Å². The van der Waals surface area contributed by atoms with Gasteiger partial charge in [0.25, 0.3) is 5.91 Å². The maximum absolute atomic E-state index is 12.1. The minimum absolute atomic E-state index is 0.234. The summed E-state index contributed by atoms with van der Waals surface area (Å²) in [4.78, 5) is 14.4. The van der Waals surface area contributed by atoms with Crippen LogP contribution in [-0.2, 0) is 0 Å². The molecular formula is C20H22BrN3O. The third-order valence-corrected chi connectivity index (χ3v) is 4.15. The lowest BCUT2D eigenvalue weighted by Crippen LogP contribution is -2.22. The second-order valence-electron chi connectivity index (χ2n) is 5.36. The average molecular weight is 400 g/mol. The minimum Gasteiger partial charge on any atom is -0.372 e. The summed E-state index contributed by atoms with van der Waals surface area (Å²) in [5.74, 6) is -0.234. The molecule has 2 aromatic carbocycles. The summed E-state index contributed by atoms with van der Waals surface area (Å²) in [6, 6.07) is 17.4. The molecule has 130 valence electrons. The SMILES string of the molecule is CCN(CC)c1ccc(C(=O)N/N=C\C(Br)=C\c2ccccc2)cc1. The van der Waals surface area contributed by atoms with Crippen molar-refractivity contribution >= 4 is 39.8 Å². The molecule has 0 saturated heterocycles. The maximum Gasteiger partial charge on any atom is 0.271 e. The molecule has 0 aliphatic heterocycles. The summed E-state index contributed by atoms with van der Waals surface area (Å²) in [7, 11) is 0. The van der Waals surface area contributed by atoms with Crippen LogP contribution < -0.4 is 10.3 Å². The third kappa shape index (κ3) is 5.87. The van der Waals surface area contributed by atoms with E-state index < -0.39 is 0 Å². The van der Waals surface area contributed by atoms with E-state index in [0.29, 0.717) is 5.56 Å². The summed E-state index contributed by atoms with van der Waals surface area (Å²) in [5, 5.41) is 3.98. The Morgan fingerprint density at radius 1 is 1.08 bits per heavy atom. The summed E-state index contributed by atoms with van der Waals surface area (Å²) in [6.07, 6.45) is 3.49. The van der Waals surface area contributed by atoms with Crippen molar-refractivity contribution in [2.24, 2.45) is 5.10 Å². The van der Waals surface area contributed by atoms with Crippen molar-refractivity contribution < 1.29 is 4.79 Å². The van der Waals surface area contributed by atoms with Gasteiger partial charge >= 0.3 is 0 Å². The molecule has 0 unspecified atom stereocenters. The van der Waals surface area contributed by atoms with Crippen LogP contribution >= 0.6 is 15.9 Å². The minimum atomic E-state index is -0.234. The molecule has 1 N–H and O–H groups in total. The van der Waals surface area contributed by atoms with E-state index in [1.807, 2.05) is 60.7 Å². The zero-order chi connectivity index (χ0) is 18.1. The number of rotatable bonds is 7. The van der Waals surface area contributed by atoms with Gasteiger partial charge in [-0.05, 0) is 65.7 Å². The van der Waals surface area contributed by atoms with Crippen LogP contribution in [-0.4, -0.2) is 25.2 Å². The number of nitrogens with zero attached hydrogens (tertiary/aromatic N) is 2. The van der Waals surface area contributed by atoms with Crippen molar-refractivity contribution in [2.45, 2.75) is 13.8 Å². The number of amides is 1. The van der Waals surface area contributed by atoms with Gasteiger partial charge in [-0.25, -0.2) is 5.43 Å². The Morgan fingerprint density at radius 3 is 2.32 bits per heavy atom. The van der Waals surface area contributed by atoms with Gasteiger partial charge in [0.2, 0.25) is 0 Å². The van der Waals surface area contributed by atoms with Gasteiger partial charge in [-0.2, -0.15) is 5.10 Å². The first kappa shape index (κ1) is 18.9. The smallest absolute Gasteiger partial charge is 0.271 e. The highest BCUT2D eigenvalue weighted by Crippen LogP contribution is 2.15. The van der Waals surface area contributed by atoms with Crippen LogP contribution in [0.5, 0.6) is 0 Å². The van der Waals surface area contributed by atoms with E-state index in [9.17, 15) is 4.79 Å². The van der Waals surface area contributed by atoms with E-state index in [2.05, 4.69) is 45.2 Å². The van der Waals surface area contributed by atoms with Gasteiger partial charge in [0.15, 0.2) is 0 Å². The van der Waals surface area contributed by atoms with Crippen LogP contribution in [0.25, 0.3) is 6.08 Å². The molecule has 0 spiro atoms. The largest absolute Gasteiger partial charge is 0.372 e. The second-order valence-corrected chi connectivity index (χ2v) is 6.27. The monoisotopic (exact) mass is 399 g/mol. The number of hydrazone groups is 1. The molecule has 5 heteroatoms. The second kappa shape index (κ2) is 9.79. The Hall–Kier alpha value is -2.40. The highest BCUT2D eigenvalue weighted by atomic mass is 79.9. The van der Waals surface area contributed by atoms with Crippen molar-refractivity contribution in [3.8, 4) is 0 Å². The molecule has 0 aliphatic carbocycles. The Morgan fingerprint density at radius 2 is 1.72 bits per heavy atom. The Balaban J connectivity index is 1.94. The fourth-order valence-corrected chi connectivity index (χ4v) is 2.74. The predicted octanol–water partition coefficient (Wildman–Crippen LogP) is 4.68. The fraction of sp³-hybridized carbons (Fsp3) is 0.200. The van der Waals surface area contributed by atoms with Gasteiger partial charge in [0, 0.05) is 28.8 Å². The molecule has 0 atom stereocenters. The summed E-state index contributed by atoms with van der Waals surface area (Å²) < 4.78 is 0.774. The number of halogens is 1. The van der Waals surface area contributed by atoms with Crippen molar-refractivity contribution in [2.75, 3.05) is 18.0 Å². The van der Waals surface area contributed by atoms with E-state index in [1.165, 1.54) is 0 Å². The molecule has 0 fully saturated rings. The van der Waals surface area contributed by atoms with Crippen LogP contribution in [0.3, 0.4) is 0 Å². The molecule has 2 aromatic rings. The standard InChI is InChI=1S/C20H22BrN3O/c1-3-24(4-2)19-12-10-17(11-13-19)20(25)23-22-15-18(21)14-16-8-6-5-7-9-16/h5-15H,3-4H2,1-2H3,(H,23,25)/b18-14-,22-15-. The van der Waals surface area contributed by atoms with Gasteiger partial charge in [0.05, 0.1) is 6.21 Å². The van der Waals surface area contributed by atoms with Crippen molar-refractivity contribution in [3.63, 3.8) is 0 Å². The number of carbonyl (C=O) groups is 1. The van der Waals surface area contributed by atoms with Crippen LogP contribution in [0.15, 0.2) is 64.2 Å². The zero-order valence-corrected chi connectivity index (χ0v) is 16.0. The number of benzene rings is 2.